The number of allylic oxidation sites excluding steroid dienone is 8. The number of ether oxygens (including phenoxy) is 3. The predicted molar refractivity (Wildman–Crippen MR) is 209 cm³/mol. The predicted octanol–water partition coefficient (Wildman–Crippen LogP) is 8.78. The van der Waals surface area contributed by atoms with Crippen LogP contribution in [-0.2, 0) is 37.4 Å². The van der Waals surface area contributed by atoms with Crippen LogP contribution in [0.3, 0.4) is 0 Å². The zero-order valence-electron chi connectivity index (χ0n) is 32.6. The van der Waals surface area contributed by atoms with Gasteiger partial charge in [0.05, 0.1) is 32.0 Å². The molecule has 0 saturated carbocycles. The zero-order valence-corrected chi connectivity index (χ0v) is 33.5. The van der Waals surface area contributed by atoms with Crippen LogP contribution in [0, 0.1) is 5.92 Å². The Morgan fingerprint density at radius 1 is 0.717 bits per heavy atom. The van der Waals surface area contributed by atoms with Crippen LogP contribution in [0.5, 0.6) is 0 Å². The van der Waals surface area contributed by atoms with Gasteiger partial charge in [0.2, 0.25) is 0 Å². The fraction of sp³-hybridized carbons (Fsp3) is 0.707. The lowest BCUT2D eigenvalue weighted by Gasteiger charge is -2.20. The quantitative estimate of drug-likeness (QED) is 0.0189. The number of phosphoric acid groups is 1. The van der Waals surface area contributed by atoms with E-state index in [1.54, 1.807) is 0 Å². The lowest BCUT2D eigenvalue weighted by molar-refractivity contribution is -0.161. The van der Waals surface area contributed by atoms with Gasteiger partial charge in [-0.3, -0.25) is 18.6 Å². The van der Waals surface area contributed by atoms with Crippen molar-refractivity contribution in [2.75, 3.05) is 26.4 Å². The molecule has 1 fully saturated rings. The summed E-state index contributed by atoms with van der Waals surface area (Å²) in [5.74, 6) is -0.300. The molecule has 1 aliphatic rings. The molecule has 1 saturated heterocycles. The Morgan fingerprint density at radius 3 is 1.87 bits per heavy atom. The average Bonchev–Trinajstić information content (AvgIpc) is 3.88. The molecule has 0 aromatic rings. The van der Waals surface area contributed by atoms with E-state index in [0.29, 0.717) is 25.0 Å². The Hall–Kier alpha value is -2.37. The Labute approximate surface area is 319 Å². The van der Waals surface area contributed by atoms with Crippen molar-refractivity contribution in [2.24, 2.45) is 5.92 Å². The van der Waals surface area contributed by atoms with Crippen molar-refractivity contribution >= 4 is 19.8 Å². The molecule has 5 atom stereocenters. The maximum absolute atomic E-state index is 12.5. The van der Waals surface area contributed by atoms with Gasteiger partial charge in [0, 0.05) is 12.8 Å². The van der Waals surface area contributed by atoms with E-state index in [1.807, 2.05) is 12.2 Å². The number of hydrogen-bond acceptors (Lipinski definition) is 10. The molecule has 0 amide bonds. The molecule has 53 heavy (non-hydrogen) atoms. The summed E-state index contributed by atoms with van der Waals surface area (Å²) in [6, 6.07) is 0. The first-order valence-electron chi connectivity index (χ1n) is 19.7. The van der Waals surface area contributed by atoms with Gasteiger partial charge < -0.3 is 29.3 Å². The standard InChI is InChI=1S/C41H69O11P/c1-4-5-21-27-38-39(52-38)28-23-18-14-10-8-6-7-9-11-15-20-25-30-41(45)51-37(34-50-53(46,47)49-32-36(43)31-42)33-48-40(44)29-24-19-16-12-13-17-22-26-35(2)3/h5,7-10,15,18,20-21,23,35-39,42-43H,4,6,11-14,16-17,19,22,24-34H2,1-3H3,(H,46,47)/b9-7-,10-8-,20-15-,21-5-,23-18-/t36-,37+,38?,39?/m0/s1. The van der Waals surface area contributed by atoms with Crippen molar-refractivity contribution in [1.29, 1.82) is 0 Å². The lowest BCUT2D eigenvalue weighted by Crippen LogP contribution is -2.29. The zero-order chi connectivity index (χ0) is 39.0. The molecule has 1 aliphatic heterocycles. The van der Waals surface area contributed by atoms with Crippen molar-refractivity contribution < 1.29 is 52.5 Å². The van der Waals surface area contributed by atoms with Crippen LogP contribution in [0.2, 0.25) is 0 Å². The average molecular weight is 769 g/mol. The summed E-state index contributed by atoms with van der Waals surface area (Å²) in [4.78, 5) is 34.8. The monoisotopic (exact) mass is 768 g/mol. The second kappa shape index (κ2) is 31.9. The SMILES string of the molecule is CC/C=C\CC1OC1C/C=C\C/C=C\C/C=C\C/C=C\CCC(=O)O[C@H](COC(=O)CCCCCCCCCC(C)C)COP(=O)(O)OC[C@@H](O)CO. The second-order valence-electron chi connectivity index (χ2n) is 13.8. The van der Waals surface area contributed by atoms with Crippen LogP contribution in [0.15, 0.2) is 60.8 Å². The molecule has 1 rings (SSSR count). The first-order valence-corrected chi connectivity index (χ1v) is 21.2. The number of carbonyl (C=O) groups excluding carboxylic acids is 2. The molecule has 304 valence electrons. The molecule has 0 spiro atoms. The lowest BCUT2D eigenvalue weighted by atomic mass is 10.0. The number of unbranched alkanes of at least 4 members (excludes halogenated alkanes) is 6. The Balaban J connectivity index is 2.33. The van der Waals surface area contributed by atoms with Crippen molar-refractivity contribution in [1.82, 2.24) is 0 Å². The maximum Gasteiger partial charge on any atom is 0.472 e. The van der Waals surface area contributed by atoms with Gasteiger partial charge in [0.1, 0.15) is 12.7 Å². The molecule has 11 nitrogen and oxygen atoms in total. The Bertz CT molecular complexity index is 1150. The normalized spacial score (nSPS) is 18.5. The van der Waals surface area contributed by atoms with Crippen molar-refractivity contribution in [3.05, 3.63) is 60.8 Å². The van der Waals surface area contributed by atoms with Crippen LogP contribution in [0.1, 0.15) is 130 Å². The molecular weight excluding hydrogens is 699 g/mol. The number of carbonyl (C=O) groups is 2. The van der Waals surface area contributed by atoms with Crippen LogP contribution < -0.4 is 0 Å². The number of phosphoric ester groups is 1. The van der Waals surface area contributed by atoms with E-state index in [4.69, 9.17) is 23.8 Å². The summed E-state index contributed by atoms with van der Waals surface area (Å²) in [6.45, 7) is 4.39. The van der Waals surface area contributed by atoms with Crippen LogP contribution in [0.25, 0.3) is 0 Å². The fourth-order valence-corrected chi connectivity index (χ4v) is 5.92. The highest BCUT2D eigenvalue weighted by Crippen LogP contribution is 2.43. The minimum absolute atomic E-state index is 0.0534. The summed E-state index contributed by atoms with van der Waals surface area (Å²) in [7, 11) is -4.64. The molecule has 0 aromatic heterocycles. The second-order valence-corrected chi connectivity index (χ2v) is 15.2. The van der Waals surface area contributed by atoms with E-state index >= 15 is 0 Å². The van der Waals surface area contributed by atoms with Gasteiger partial charge >= 0.3 is 19.8 Å². The van der Waals surface area contributed by atoms with Crippen molar-refractivity contribution in [3.63, 3.8) is 0 Å². The number of rotatable bonds is 34. The van der Waals surface area contributed by atoms with E-state index < -0.39 is 51.8 Å². The number of epoxide rings is 1. The highest BCUT2D eigenvalue weighted by atomic mass is 31.2. The summed E-state index contributed by atoms with van der Waals surface area (Å²) in [5, 5.41) is 18.3. The van der Waals surface area contributed by atoms with Gasteiger partial charge in [0.15, 0.2) is 6.10 Å². The van der Waals surface area contributed by atoms with E-state index in [1.165, 1.54) is 25.7 Å². The smallest absolute Gasteiger partial charge is 0.462 e. The van der Waals surface area contributed by atoms with Gasteiger partial charge in [-0.15, -0.1) is 0 Å². The number of hydrogen-bond donors (Lipinski definition) is 3. The Morgan fingerprint density at radius 2 is 1.26 bits per heavy atom. The van der Waals surface area contributed by atoms with Gasteiger partial charge in [-0.2, -0.15) is 0 Å². The number of aliphatic hydroxyl groups is 2. The molecule has 3 N–H and O–H groups in total. The van der Waals surface area contributed by atoms with E-state index in [2.05, 4.69) is 73.9 Å². The molecule has 1 heterocycles. The topological polar surface area (TPSA) is 161 Å². The van der Waals surface area contributed by atoms with E-state index in [9.17, 15) is 24.2 Å². The van der Waals surface area contributed by atoms with Gasteiger partial charge in [-0.05, 0) is 57.3 Å². The van der Waals surface area contributed by atoms with E-state index in [0.717, 1.165) is 63.7 Å². The molecule has 0 bridgehead atoms. The minimum Gasteiger partial charge on any atom is -0.462 e. The van der Waals surface area contributed by atoms with Crippen LogP contribution in [0.4, 0.5) is 0 Å². The summed E-state index contributed by atoms with van der Waals surface area (Å²) in [5.41, 5.74) is 0. The third-order valence-electron chi connectivity index (χ3n) is 8.28. The van der Waals surface area contributed by atoms with Gasteiger partial charge in [0.25, 0.3) is 0 Å². The van der Waals surface area contributed by atoms with E-state index in [-0.39, 0.29) is 19.4 Å². The Kier molecular flexibility index (Phi) is 29.3. The van der Waals surface area contributed by atoms with Gasteiger partial charge in [-0.25, -0.2) is 4.57 Å². The highest BCUT2D eigenvalue weighted by molar-refractivity contribution is 7.47. The molecule has 0 aromatic carbocycles. The molecule has 0 radical (unpaired) electrons. The number of aliphatic hydroxyl groups excluding tert-OH is 2. The fourth-order valence-electron chi connectivity index (χ4n) is 5.13. The summed E-state index contributed by atoms with van der Waals surface area (Å²) >= 11 is 0. The summed E-state index contributed by atoms with van der Waals surface area (Å²) < 4.78 is 38.2. The third kappa shape index (κ3) is 30.6. The largest absolute Gasteiger partial charge is 0.472 e. The number of esters is 2. The minimum atomic E-state index is -4.64. The van der Waals surface area contributed by atoms with Crippen molar-refractivity contribution in [2.45, 2.75) is 154 Å². The molecular formula is C41H69O11P. The van der Waals surface area contributed by atoms with Crippen LogP contribution in [-0.4, -0.2) is 77.9 Å². The first kappa shape index (κ1) is 48.6. The first-order chi connectivity index (χ1) is 25.6. The molecule has 12 heteroatoms. The summed E-state index contributed by atoms with van der Waals surface area (Å²) in [6.07, 6.45) is 34.1. The molecule has 3 unspecified atom stereocenters. The van der Waals surface area contributed by atoms with Gasteiger partial charge in [-0.1, -0.05) is 126 Å². The maximum atomic E-state index is 12.5. The van der Waals surface area contributed by atoms with Crippen LogP contribution >= 0.6 is 7.82 Å². The highest BCUT2D eigenvalue weighted by Gasteiger charge is 2.36. The molecule has 0 aliphatic carbocycles. The van der Waals surface area contributed by atoms with Crippen molar-refractivity contribution in [3.8, 4) is 0 Å². The third-order valence-corrected chi connectivity index (χ3v) is 9.23.